The van der Waals surface area contributed by atoms with Gasteiger partial charge in [-0.2, -0.15) is 0 Å². The second-order valence-corrected chi connectivity index (χ2v) is 4.01. The van der Waals surface area contributed by atoms with Gasteiger partial charge >= 0.3 is 0 Å². The fraction of sp³-hybridized carbons (Fsp3) is 0.818. The zero-order valence-corrected chi connectivity index (χ0v) is 8.11. The predicted octanol–water partition coefficient (Wildman–Crippen LogP) is 3.92. The van der Waals surface area contributed by atoms with Crippen LogP contribution >= 0.6 is 0 Å². The summed E-state index contributed by atoms with van der Waals surface area (Å²) in [6.07, 6.45) is 6.84. The van der Waals surface area contributed by atoms with Gasteiger partial charge in [0.15, 0.2) is 0 Å². The summed E-state index contributed by atoms with van der Waals surface area (Å²) in [5.74, 6) is 0.852. The molecule has 11 heavy (non-hydrogen) atoms. The van der Waals surface area contributed by atoms with Gasteiger partial charge in [-0.15, -0.1) is 0 Å². The quantitative estimate of drug-likeness (QED) is 0.538. The van der Waals surface area contributed by atoms with Crippen LogP contribution in [0.25, 0.3) is 0 Å². The lowest BCUT2D eigenvalue weighted by Crippen LogP contribution is -1.91. The van der Waals surface area contributed by atoms with Crippen LogP contribution in [0.4, 0.5) is 0 Å². The molecule has 0 aromatic rings. The molecular formula is C11H20. The number of allylic oxidation sites excluding steroid dienone is 2. The summed E-state index contributed by atoms with van der Waals surface area (Å²) in [5.41, 5.74) is 3.54. The first-order valence-electron chi connectivity index (χ1n) is 4.93. The maximum absolute atomic E-state index is 2.32. The average Bonchev–Trinajstić information content (AvgIpc) is 2.34. The molecule has 0 atom stereocenters. The first-order chi connectivity index (χ1) is 5.24. The SMILES string of the molecule is CCC1=C(CC(C)C)CCC1. The van der Waals surface area contributed by atoms with Gasteiger partial charge in [0.1, 0.15) is 0 Å². The minimum atomic E-state index is 0.852. The Morgan fingerprint density at radius 1 is 1.18 bits per heavy atom. The Morgan fingerprint density at radius 2 is 1.82 bits per heavy atom. The zero-order valence-electron chi connectivity index (χ0n) is 8.11. The number of hydrogen-bond donors (Lipinski definition) is 0. The van der Waals surface area contributed by atoms with E-state index >= 15 is 0 Å². The molecule has 0 nitrogen and oxygen atoms in total. The topological polar surface area (TPSA) is 0 Å². The Hall–Kier alpha value is -0.260. The largest absolute Gasteiger partial charge is 0.0713 e. The van der Waals surface area contributed by atoms with Crippen molar-refractivity contribution in [3.63, 3.8) is 0 Å². The predicted molar refractivity (Wildman–Crippen MR) is 50.6 cm³/mol. The molecule has 0 spiro atoms. The molecule has 1 rings (SSSR count). The highest BCUT2D eigenvalue weighted by Crippen LogP contribution is 2.32. The van der Waals surface area contributed by atoms with Crippen molar-refractivity contribution in [1.29, 1.82) is 0 Å². The van der Waals surface area contributed by atoms with Gasteiger partial charge in [-0.1, -0.05) is 31.9 Å². The van der Waals surface area contributed by atoms with Gasteiger partial charge in [0.05, 0.1) is 0 Å². The fourth-order valence-electron chi connectivity index (χ4n) is 2.03. The summed E-state index contributed by atoms with van der Waals surface area (Å²) in [4.78, 5) is 0. The van der Waals surface area contributed by atoms with E-state index in [9.17, 15) is 0 Å². The Kier molecular flexibility index (Phi) is 3.16. The van der Waals surface area contributed by atoms with Crippen molar-refractivity contribution in [2.75, 3.05) is 0 Å². The summed E-state index contributed by atoms with van der Waals surface area (Å²) in [6, 6.07) is 0. The van der Waals surface area contributed by atoms with Crippen LogP contribution in [0.2, 0.25) is 0 Å². The van der Waals surface area contributed by atoms with Crippen LogP contribution in [0.5, 0.6) is 0 Å². The molecule has 0 amide bonds. The average molecular weight is 152 g/mol. The van der Waals surface area contributed by atoms with Crippen LogP contribution in [0.15, 0.2) is 11.1 Å². The van der Waals surface area contributed by atoms with Crippen molar-refractivity contribution in [3.8, 4) is 0 Å². The summed E-state index contributed by atoms with van der Waals surface area (Å²) in [5, 5.41) is 0. The van der Waals surface area contributed by atoms with Crippen LogP contribution in [-0.2, 0) is 0 Å². The van der Waals surface area contributed by atoms with Crippen molar-refractivity contribution < 1.29 is 0 Å². The fourth-order valence-corrected chi connectivity index (χ4v) is 2.03. The second-order valence-electron chi connectivity index (χ2n) is 4.01. The molecule has 1 aliphatic rings. The lowest BCUT2D eigenvalue weighted by Gasteiger charge is -2.07. The summed E-state index contributed by atoms with van der Waals surface area (Å²) in [6.45, 7) is 6.93. The second kappa shape index (κ2) is 3.94. The third-order valence-corrected chi connectivity index (χ3v) is 2.54. The van der Waals surface area contributed by atoms with Crippen molar-refractivity contribution >= 4 is 0 Å². The molecule has 0 N–H and O–H groups in total. The third kappa shape index (κ3) is 2.36. The lowest BCUT2D eigenvalue weighted by atomic mass is 9.99. The molecule has 0 heterocycles. The number of rotatable bonds is 3. The number of hydrogen-bond acceptors (Lipinski definition) is 0. The summed E-state index contributed by atoms with van der Waals surface area (Å²) in [7, 11) is 0. The first kappa shape index (κ1) is 8.83. The third-order valence-electron chi connectivity index (χ3n) is 2.54. The van der Waals surface area contributed by atoms with Crippen LogP contribution in [0.3, 0.4) is 0 Å². The van der Waals surface area contributed by atoms with Crippen molar-refractivity contribution in [2.24, 2.45) is 5.92 Å². The first-order valence-corrected chi connectivity index (χ1v) is 4.93. The van der Waals surface area contributed by atoms with Gasteiger partial charge in [-0.05, 0) is 38.0 Å². The van der Waals surface area contributed by atoms with E-state index in [0.29, 0.717) is 0 Å². The maximum atomic E-state index is 2.32. The van der Waals surface area contributed by atoms with E-state index in [0.717, 1.165) is 5.92 Å². The van der Waals surface area contributed by atoms with Gasteiger partial charge in [-0.25, -0.2) is 0 Å². The molecule has 0 aromatic heterocycles. The normalized spacial score (nSPS) is 18.5. The monoisotopic (exact) mass is 152 g/mol. The van der Waals surface area contributed by atoms with E-state index < -0.39 is 0 Å². The van der Waals surface area contributed by atoms with E-state index in [2.05, 4.69) is 20.8 Å². The highest BCUT2D eigenvalue weighted by Gasteiger charge is 2.13. The minimum Gasteiger partial charge on any atom is -0.0713 e. The van der Waals surface area contributed by atoms with Gasteiger partial charge < -0.3 is 0 Å². The summed E-state index contributed by atoms with van der Waals surface area (Å²) < 4.78 is 0. The van der Waals surface area contributed by atoms with E-state index in [-0.39, 0.29) is 0 Å². The van der Waals surface area contributed by atoms with E-state index in [1.165, 1.54) is 32.1 Å². The summed E-state index contributed by atoms with van der Waals surface area (Å²) >= 11 is 0. The Morgan fingerprint density at radius 3 is 2.36 bits per heavy atom. The maximum Gasteiger partial charge on any atom is -0.0294 e. The lowest BCUT2D eigenvalue weighted by molar-refractivity contribution is 0.628. The molecule has 0 saturated heterocycles. The van der Waals surface area contributed by atoms with E-state index in [4.69, 9.17) is 0 Å². The molecule has 0 radical (unpaired) electrons. The smallest absolute Gasteiger partial charge is 0.0294 e. The van der Waals surface area contributed by atoms with Crippen molar-refractivity contribution in [3.05, 3.63) is 11.1 Å². The van der Waals surface area contributed by atoms with Crippen molar-refractivity contribution in [1.82, 2.24) is 0 Å². The molecule has 0 heteroatoms. The van der Waals surface area contributed by atoms with Gasteiger partial charge in [0.25, 0.3) is 0 Å². The van der Waals surface area contributed by atoms with Gasteiger partial charge in [0.2, 0.25) is 0 Å². The van der Waals surface area contributed by atoms with Crippen LogP contribution in [0, 0.1) is 5.92 Å². The molecule has 1 aliphatic carbocycles. The molecule has 0 aliphatic heterocycles. The molecule has 0 aromatic carbocycles. The highest BCUT2D eigenvalue weighted by molar-refractivity contribution is 5.19. The highest BCUT2D eigenvalue weighted by atomic mass is 14.2. The molecule has 0 fully saturated rings. The standard InChI is InChI=1S/C11H20/c1-4-10-6-5-7-11(10)8-9(2)3/h9H,4-8H2,1-3H3. The van der Waals surface area contributed by atoms with Crippen LogP contribution in [-0.4, -0.2) is 0 Å². The van der Waals surface area contributed by atoms with Gasteiger partial charge in [0, 0.05) is 0 Å². The molecule has 0 saturated carbocycles. The Labute approximate surface area is 70.7 Å². The molecule has 0 bridgehead atoms. The molecule has 0 unspecified atom stereocenters. The van der Waals surface area contributed by atoms with E-state index in [1.54, 1.807) is 11.1 Å². The Bertz CT molecular complexity index is 151. The van der Waals surface area contributed by atoms with Gasteiger partial charge in [-0.3, -0.25) is 0 Å². The molecule has 64 valence electrons. The van der Waals surface area contributed by atoms with Crippen LogP contribution < -0.4 is 0 Å². The Balaban J connectivity index is 2.52. The van der Waals surface area contributed by atoms with Crippen molar-refractivity contribution in [2.45, 2.75) is 52.9 Å². The minimum absolute atomic E-state index is 0.852. The van der Waals surface area contributed by atoms with Crippen LogP contribution in [0.1, 0.15) is 52.9 Å². The van der Waals surface area contributed by atoms with E-state index in [1.807, 2.05) is 0 Å². The molecular weight excluding hydrogens is 132 g/mol. The zero-order chi connectivity index (χ0) is 8.27.